The average molecular weight is 282 g/mol. The fourth-order valence-corrected chi connectivity index (χ4v) is 2.74. The molecular weight excluding hydrogens is 268 g/mol. The van der Waals surface area contributed by atoms with Crippen LogP contribution in [0, 0.1) is 16.0 Å². The highest BCUT2D eigenvalue weighted by Crippen LogP contribution is 2.35. The third kappa shape index (κ3) is 1.86. The Morgan fingerprint density at radius 2 is 2.15 bits per heavy atom. The van der Waals surface area contributed by atoms with E-state index in [0.29, 0.717) is 18.0 Å². The second-order valence-electron chi connectivity index (χ2n) is 5.09. The number of aliphatic hydroxyl groups excluding tert-OH is 2. The van der Waals surface area contributed by atoms with E-state index in [2.05, 4.69) is 10.1 Å². The molecule has 1 saturated carbocycles. The monoisotopic (exact) mass is 282 g/mol. The minimum Gasteiger partial charge on any atom is -0.391 e. The molecule has 0 amide bonds. The number of hydrogen-bond donors (Lipinski definition) is 2. The molecule has 20 heavy (non-hydrogen) atoms. The third-order valence-electron chi connectivity index (χ3n) is 3.88. The number of nitro groups is 1. The summed E-state index contributed by atoms with van der Waals surface area (Å²) in [5.74, 6) is 0.00411. The highest BCUT2D eigenvalue weighted by molar-refractivity contribution is 6.00. The average Bonchev–Trinajstić information content (AvgIpc) is 2.94. The van der Waals surface area contributed by atoms with Gasteiger partial charge in [0.25, 0.3) is 0 Å². The lowest BCUT2D eigenvalue weighted by molar-refractivity contribution is -0.391. The summed E-state index contributed by atoms with van der Waals surface area (Å²) in [7, 11) is 1.53. The summed E-state index contributed by atoms with van der Waals surface area (Å²) in [6.45, 7) is 0. The summed E-state index contributed by atoms with van der Waals surface area (Å²) in [5.41, 5.74) is 0.483. The van der Waals surface area contributed by atoms with Crippen LogP contribution in [0.3, 0.4) is 0 Å². The van der Waals surface area contributed by atoms with Gasteiger partial charge in [0.15, 0.2) is 5.71 Å². The molecule has 2 unspecified atom stereocenters. The molecule has 108 valence electrons. The molecule has 1 aromatic rings. The maximum atomic E-state index is 10.8. The topological polar surface area (TPSA) is 123 Å². The van der Waals surface area contributed by atoms with Crippen molar-refractivity contribution in [3.05, 3.63) is 22.1 Å². The van der Waals surface area contributed by atoms with Gasteiger partial charge in [-0.2, -0.15) is 0 Å². The number of aromatic nitrogens is 2. The first-order valence-electron chi connectivity index (χ1n) is 6.25. The fraction of sp³-hybridized carbons (Fsp3) is 0.636. The number of fused-ring (bicyclic) bond motifs is 1. The number of aliphatic hydroxyl groups is 2. The molecule has 2 heterocycles. The van der Waals surface area contributed by atoms with Gasteiger partial charge < -0.3 is 25.2 Å². The summed E-state index contributed by atoms with van der Waals surface area (Å²) in [5, 5.41) is 34.1. The molecule has 0 bridgehead atoms. The van der Waals surface area contributed by atoms with Gasteiger partial charge in [-0.3, -0.25) is 0 Å². The van der Waals surface area contributed by atoms with Crippen LogP contribution in [0.15, 0.2) is 11.4 Å². The van der Waals surface area contributed by atoms with Gasteiger partial charge in [0.1, 0.15) is 12.3 Å². The smallest absolute Gasteiger partial charge is 0.342 e. The molecule has 0 aromatic carbocycles. The molecule has 4 atom stereocenters. The Kier molecular flexibility index (Phi) is 2.94. The minimum absolute atomic E-state index is 0.137. The van der Waals surface area contributed by atoms with Crippen molar-refractivity contribution in [2.45, 2.75) is 31.2 Å². The predicted molar refractivity (Wildman–Crippen MR) is 66.0 cm³/mol. The summed E-state index contributed by atoms with van der Waals surface area (Å²) in [4.78, 5) is 19.6. The second-order valence-corrected chi connectivity index (χ2v) is 5.09. The number of nitrogens with zero attached hydrogens (tertiary/aromatic N) is 4. The Labute approximate surface area is 113 Å². The molecule has 9 nitrogen and oxygen atoms in total. The molecule has 1 aromatic heterocycles. The molecule has 0 radical (unpaired) electrons. The van der Waals surface area contributed by atoms with Gasteiger partial charge in [0, 0.05) is 6.42 Å². The van der Waals surface area contributed by atoms with Gasteiger partial charge in [-0.15, -0.1) is 0 Å². The largest absolute Gasteiger partial charge is 0.391 e. The Morgan fingerprint density at radius 3 is 2.80 bits per heavy atom. The van der Waals surface area contributed by atoms with Gasteiger partial charge in [0.2, 0.25) is 5.82 Å². The zero-order chi connectivity index (χ0) is 14.4. The van der Waals surface area contributed by atoms with Crippen molar-refractivity contribution < 1.29 is 20.0 Å². The quantitative estimate of drug-likeness (QED) is 0.560. The van der Waals surface area contributed by atoms with Crippen LogP contribution in [0.25, 0.3) is 0 Å². The number of oxime groups is 1. The lowest BCUT2D eigenvalue weighted by Gasteiger charge is -2.30. The first-order chi connectivity index (χ1) is 9.49. The molecule has 2 N–H and O–H groups in total. The van der Waals surface area contributed by atoms with Crippen molar-refractivity contribution >= 4 is 11.5 Å². The predicted octanol–water partition coefficient (Wildman–Crippen LogP) is -0.437. The summed E-state index contributed by atoms with van der Waals surface area (Å²) in [6, 6.07) is 0. The summed E-state index contributed by atoms with van der Waals surface area (Å²) in [6.07, 6.45) is -0.255. The normalized spacial score (nSPS) is 32.5. The molecule has 2 aliphatic rings. The Balaban J connectivity index is 1.90. The van der Waals surface area contributed by atoms with E-state index < -0.39 is 17.1 Å². The van der Waals surface area contributed by atoms with Crippen LogP contribution in [0.2, 0.25) is 0 Å². The van der Waals surface area contributed by atoms with Crippen molar-refractivity contribution in [2.24, 2.45) is 18.1 Å². The van der Waals surface area contributed by atoms with Crippen LogP contribution >= 0.6 is 0 Å². The van der Waals surface area contributed by atoms with Crippen LogP contribution in [-0.4, -0.2) is 48.7 Å². The van der Waals surface area contributed by atoms with E-state index in [0.717, 1.165) is 0 Å². The van der Waals surface area contributed by atoms with Crippen molar-refractivity contribution in [1.29, 1.82) is 0 Å². The Morgan fingerprint density at radius 1 is 1.45 bits per heavy atom. The maximum Gasteiger partial charge on any atom is 0.342 e. The van der Waals surface area contributed by atoms with Crippen LogP contribution in [0.5, 0.6) is 0 Å². The molecule has 0 spiro atoms. The lowest BCUT2D eigenvalue weighted by Crippen LogP contribution is -2.43. The SMILES string of the molecule is Cn1c([N+](=O)[O-])cnc1C1=NO[C@@H]2CC(O)C(O)C[C@H]12. The van der Waals surface area contributed by atoms with E-state index in [1.54, 1.807) is 0 Å². The van der Waals surface area contributed by atoms with E-state index in [1.807, 2.05) is 0 Å². The Hall–Kier alpha value is -2.00. The van der Waals surface area contributed by atoms with Gasteiger partial charge in [-0.25, -0.2) is 9.55 Å². The number of hydrogen-bond acceptors (Lipinski definition) is 7. The zero-order valence-electron chi connectivity index (χ0n) is 10.7. The molecule has 1 fully saturated rings. The molecule has 1 aliphatic heterocycles. The Bertz CT molecular complexity index is 583. The number of rotatable bonds is 2. The van der Waals surface area contributed by atoms with Crippen molar-refractivity contribution in [2.75, 3.05) is 0 Å². The zero-order valence-corrected chi connectivity index (χ0v) is 10.7. The molecule has 9 heteroatoms. The standard InChI is InChI=1S/C11H14N4O5/c1-14-9(15(18)19)4-12-11(14)10-5-2-6(16)7(17)3-8(5)20-13-10/h4-8,16-17H,2-3H2,1H3/t5-,6?,7?,8+/m0/s1. The van der Waals surface area contributed by atoms with Crippen LogP contribution in [-0.2, 0) is 11.9 Å². The van der Waals surface area contributed by atoms with Gasteiger partial charge in [-0.05, 0) is 11.3 Å². The van der Waals surface area contributed by atoms with E-state index in [9.17, 15) is 20.3 Å². The first-order valence-corrected chi connectivity index (χ1v) is 6.25. The number of imidazole rings is 1. The van der Waals surface area contributed by atoms with Gasteiger partial charge >= 0.3 is 5.82 Å². The fourth-order valence-electron chi connectivity index (χ4n) is 2.74. The van der Waals surface area contributed by atoms with Crippen molar-refractivity contribution in [3.8, 4) is 0 Å². The van der Waals surface area contributed by atoms with Gasteiger partial charge in [-0.1, -0.05) is 5.16 Å². The van der Waals surface area contributed by atoms with Gasteiger partial charge in [0.05, 0.1) is 25.2 Å². The van der Waals surface area contributed by atoms with E-state index in [-0.39, 0.29) is 24.3 Å². The molecule has 3 rings (SSSR count). The minimum atomic E-state index is -0.849. The van der Waals surface area contributed by atoms with E-state index in [1.165, 1.54) is 17.8 Å². The summed E-state index contributed by atoms with van der Waals surface area (Å²) >= 11 is 0. The second kappa shape index (κ2) is 4.53. The highest BCUT2D eigenvalue weighted by Gasteiger charge is 2.46. The maximum absolute atomic E-state index is 10.8. The molecular formula is C11H14N4O5. The van der Waals surface area contributed by atoms with Crippen LogP contribution in [0.1, 0.15) is 18.7 Å². The summed E-state index contributed by atoms with van der Waals surface area (Å²) < 4.78 is 1.34. The van der Waals surface area contributed by atoms with Crippen LogP contribution < -0.4 is 0 Å². The van der Waals surface area contributed by atoms with E-state index in [4.69, 9.17) is 4.84 Å². The first kappa shape index (κ1) is 13.0. The molecule has 0 saturated heterocycles. The van der Waals surface area contributed by atoms with E-state index >= 15 is 0 Å². The van der Waals surface area contributed by atoms with Crippen molar-refractivity contribution in [1.82, 2.24) is 9.55 Å². The third-order valence-corrected chi connectivity index (χ3v) is 3.88. The lowest BCUT2D eigenvalue weighted by atomic mass is 9.80. The highest BCUT2D eigenvalue weighted by atomic mass is 16.6. The van der Waals surface area contributed by atoms with Crippen LogP contribution in [0.4, 0.5) is 5.82 Å². The van der Waals surface area contributed by atoms with Crippen molar-refractivity contribution in [3.63, 3.8) is 0 Å². The molecule has 1 aliphatic carbocycles.